The normalized spacial score (nSPS) is 11.6. The first-order valence-electron chi connectivity index (χ1n) is 8.33. The molecule has 3 rings (SSSR count). The highest BCUT2D eigenvalue weighted by Gasteiger charge is 2.19. The molecule has 0 fully saturated rings. The molecule has 0 saturated heterocycles. The van der Waals surface area contributed by atoms with Crippen LogP contribution in [0.3, 0.4) is 0 Å². The third-order valence-electron chi connectivity index (χ3n) is 4.05. The maximum atomic E-state index is 13.2. The third kappa shape index (κ3) is 4.41. The number of aromatic nitrogens is 1. The van der Waals surface area contributed by atoms with Crippen LogP contribution in [0.1, 0.15) is 10.4 Å². The molecule has 0 radical (unpaired) electrons. The molecule has 7 nitrogen and oxygen atoms in total. The Hall–Kier alpha value is -3.30. The smallest absolute Gasteiger partial charge is 0.337 e. The molecule has 29 heavy (non-hydrogen) atoms. The van der Waals surface area contributed by atoms with Crippen molar-refractivity contribution in [2.24, 2.45) is 0 Å². The zero-order chi connectivity index (χ0) is 21.0. The average Bonchev–Trinajstić information content (AvgIpc) is 2.74. The molecule has 1 heterocycles. The molecule has 0 aliphatic rings. The number of pyridine rings is 1. The number of rotatable bonds is 6. The Labute approximate surface area is 169 Å². The minimum absolute atomic E-state index is 0.101. The number of anilines is 2. The first kappa shape index (κ1) is 20.4. The summed E-state index contributed by atoms with van der Waals surface area (Å²) in [4.78, 5) is 16.1. The van der Waals surface area contributed by atoms with Crippen LogP contribution in [-0.4, -0.2) is 33.9 Å². The van der Waals surface area contributed by atoms with Gasteiger partial charge in [-0.3, -0.25) is 8.51 Å². The molecule has 3 aromatic rings. The van der Waals surface area contributed by atoms with Crippen molar-refractivity contribution in [1.82, 2.24) is 4.98 Å². The Balaban J connectivity index is 2.07. The summed E-state index contributed by atoms with van der Waals surface area (Å²) in [5.41, 5.74) is 1.45. The molecule has 1 atom stereocenters. The van der Waals surface area contributed by atoms with Crippen molar-refractivity contribution >= 4 is 28.7 Å². The van der Waals surface area contributed by atoms with Gasteiger partial charge in [-0.25, -0.2) is 14.2 Å². The molecule has 0 aliphatic heterocycles. The molecule has 0 saturated carbocycles. The van der Waals surface area contributed by atoms with E-state index in [0.29, 0.717) is 11.3 Å². The standard InChI is InChI=1S/C20H17FN2O5S/c1-27-18-12-14(20(24)28-2)8-11-17(18)23(29(25)26)19-5-3-4-16(22-19)13-6-9-15(21)10-7-13/h3-12H,1-2H3,(H,25,26)/p-1. The fourth-order valence-corrected chi connectivity index (χ4v) is 3.25. The van der Waals surface area contributed by atoms with Crippen LogP contribution in [0.2, 0.25) is 0 Å². The number of methoxy groups -OCH3 is 2. The lowest BCUT2D eigenvalue weighted by atomic mass is 10.1. The predicted molar refractivity (Wildman–Crippen MR) is 105 cm³/mol. The molecule has 0 bridgehead atoms. The van der Waals surface area contributed by atoms with E-state index in [2.05, 4.69) is 9.72 Å². The molecular formula is C20H16FN2O5S-. The van der Waals surface area contributed by atoms with Gasteiger partial charge in [-0.2, -0.15) is 0 Å². The number of carbonyl (C=O) groups excluding carboxylic acids is 1. The number of esters is 1. The van der Waals surface area contributed by atoms with Crippen molar-refractivity contribution in [2.75, 3.05) is 18.5 Å². The molecule has 0 aliphatic carbocycles. The quantitative estimate of drug-likeness (QED) is 0.451. The lowest BCUT2D eigenvalue weighted by molar-refractivity contribution is 0.0600. The monoisotopic (exact) mass is 415 g/mol. The van der Waals surface area contributed by atoms with Gasteiger partial charge >= 0.3 is 5.97 Å². The summed E-state index contributed by atoms with van der Waals surface area (Å²) in [7, 11) is 2.60. The molecule has 0 amide bonds. The van der Waals surface area contributed by atoms with Gasteiger partial charge in [0.2, 0.25) is 0 Å². The molecular weight excluding hydrogens is 399 g/mol. The van der Waals surface area contributed by atoms with E-state index in [-0.39, 0.29) is 28.6 Å². The van der Waals surface area contributed by atoms with E-state index < -0.39 is 17.2 Å². The van der Waals surface area contributed by atoms with Gasteiger partial charge in [0, 0.05) is 5.56 Å². The summed E-state index contributed by atoms with van der Waals surface area (Å²) >= 11 is -2.74. The molecule has 150 valence electrons. The lowest BCUT2D eigenvalue weighted by Gasteiger charge is -2.27. The van der Waals surface area contributed by atoms with Crippen LogP contribution < -0.4 is 9.04 Å². The van der Waals surface area contributed by atoms with Crippen LogP contribution in [0, 0.1) is 5.82 Å². The Bertz CT molecular complexity index is 1060. The molecule has 1 aromatic heterocycles. The van der Waals surface area contributed by atoms with Crippen molar-refractivity contribution in [1.29, 1.82) is 0 Å². The summed E-state index contributed by atoms with van der Waals surface area (Å²) in [5, 5.41) is 0. The van der Waals surface area contributed by atoms with Crippen LogP contribution in [-0.2, 0) is 16.0 Å². The summed E-state index contributed by atoms with van der Waals surface area (Å²) < 4.78 is 48.1. The second kappa shape index (κ2) is 8.80. The van der Waals surface area contributed by atoms with Gasteiger partial charge in [-0.15, -0.1) is 0 Å². The second-order valence-corrected chi connectivity index (χ2v) is 6.58. The first-order valence-corrected chi connectivity index (χ1v) is 9.36. The summed E-state index contributed by atoms with van der Waals surface area (Å²) in [5.74, 6) is -0.723. The number of nitrogens with zero attached hydrogens (tertiary/aromatic N) is 2. The molecule has 1 unspecified atom stereocenters. The summed E-state index contributed by atoms with van der Waals surface area (Å²) in [6.07, 6.45) is 0. The highest BCUT2D eigenvalue weighted by Crippen LogP contribution is 2.35. The molecule has 9 heteroatoms. The van der Waals surface area contributed by atoms with Crippen LogP contribution in [0.25, 0.3) is 11.3 Å². The Morgan fingerprint density at radius 3 is 2.45 bits per heavy atom. The van der Waals surface area contributed by atoms with E-state index >= 15 is 0 Å². The second-order valence-electron chi connectivity index (χ2n) is 5.78. The zero-order valence-corrected chi connectivity index (χ0v) is 16.3. The van der Waals surface area contributed by atoms with Crippen molar-refractivity contribution in [3.63, 3.8) is 0 Å². The van der Waals surface area contributed by atoms with Gasteiger partial charge < -0.3 is 14.0 Å². The lowest BCUT2D eigenvalue weighted by Crippen LogP contribution is -2.21. The maximum Gasteiger partial charge on any atom is 0.337 e. The van der Waals surface area contributed by atoms with E-state index in [1.165, 1.54) is 50.6 Å². The maximum absolute atomic E-state index is 13.2. The van der Waals surface area contributed by atoms with Crippen molar-refractivity contribution in [2.45, 2.75) is 0 Å². The van der Waals surface area contributed by atoms with Crippen molar-refractivity contribution in [3.05, 3.63) is 72.0 Å². The minimum atomic E-state index is -2.74. The van der Waals surface area contributed by atoms with E-state index in [9.17, 15) is 17.9 Å². The Morgan fingerprint density at radius 1 is 1.10 bits per heavy atom. The largest absolute Gasteiger partial charge is 0.755 e. The van der Waals surface area contributed by atoms with Crippen molar-refractivity contribution in [3.8, 4) is 17.0 Å². The van der Waals surface area contributed by atoms with E-state index in [1.807, 2.05) is 0 Å². The van der Waals surface area contributed by atoms with E-state index in [4.69, 9.17) is 4.74 Å². The number of hydrogen-bond donors (Lipinski definition) is 0. The highest BCUT2D eigenvalue weighted by atomic mass is 32.2. The number of halogens is 1. The fourth-order valence-electron chi connectivity index (χ4n) is 2.69. The summed E-state index contributed by atoms with van der Waals surface area (Å²) in [6.45, 7) is 0. The van der Waals surface area contributed by atoms with Crippen LogP contribution in [0.5, 0.6) is 5.75 Å². The van der Waals surface area contributed by atoms with Gasteiger partial charge in [-0.05, 0) is 54.6 Å². The SMILES string of the molecule is COC(=O)c1ccc(N(c2cccc(-c3ccc(F)cc3)n2)S(=O)[O-])c(OC)c1. The van der Waals surface area contributed by atoms with Gasteiger partial charge in [0.05, 0.1) is 42.4 Å². The van der Waals surface area contributed by atoms with Gasteiger partial charge in [0.25, 0.3) is 0 Å². The third-order valence-corrected chi connectivity index (χ3v) is 4.73. The first-order chi connectivity index (χ1) is 13.9. The Kier molecular flexibility index (Phi) is 6.20. The highest BCUT2D eigenvalue weighted by molar-refractivity contribution is 7.81. The van der Waals surface area contributed by atoms with Crippen LogP contribution >= 0.6 is 0 Å². The molecule has 2 aromatic carbocycles. The van der Waals surface area contributed by atoms with E-state index in [1.54, 1.807) is 24.3 Å². The van der Waals surface area contributed by atoms with Crippen molar-refractivity contribution < 1.29 is 27.4 Å². The summed E-state index contributed by atoms with van der Waals surface area (Å²) in [6, 6.07) is 14.7. The predicted octanol–water partition coefficient (Wildman–Crippen LogP) is 3.62. The topological polar surface area (TPSA) is 91.8 Å². The molecule has 0 spiro atoms. The Morgan fingerprint density at radius 2 is 1.83 bits per heavy atom. The number of benzene rings is 2. The van der Waals surface area contributed by atoms with Gasteiger partial charge in [-0.1, -0.05) is 6.07 Å². The average molecular weight is 415 g/mol. The number of carbonyl (C=O) groups is 1. The van der Waals surface area contributed by atoms with E-state index in [0.717, 1.165) is 4.31 Å². The minimum Gasteiger partial charge on any atom is -0.755 e. The fraction of sp³-hybridized carbons (Fsp3) is 0.100. The number of ether oxygens (including phenoxy) is 2. The zero-order valence-electron chi connectivity index (χ0n) is 15.5. The van der Waals surface area contributed by atoms with Gasteiger partial charge in [0.1, 0.15) is 17.4 Å². The van der Waals surface area contributed by atoms with Crippen LogP contribution in [0.15, 0.2) is 60.7 Å². The molecule has 0 N–H and O–H groups in total. The van der Waals surface area contributed by atoms with Crippen LogP contribution in [0.4, 0.5) is 15.9 Å². The van der Waals surface area contributed by atoms with Gasteiger partial charge in [0.15, 0.2) is 0 Å². The number of hydrogen-bond acceptors (Lipinski definition) is 6.